The molecule has 1 aromatic heterocycles. The molecule has 0 amide bonds. The van der Waals surface area contributed by atoms with Crippen molar-refractivity contribution in [1.29, 1.82) is 0 Å². The van der Waals surface area contributed by atoms with Gasteiger partial charge in [-0.25, -0.2) is 13.1 Å². The zero-order valence-corrected chi connectivity index (χ0v) is 13.0. The molecule has 0 saturated carbocycles. The van der Waals surface area contributed by atoms with Gasteiger partial charge in [0.1, 0.15) is 4.21 Å². The monoisotopic (exact) mass is 315 g/mol. The second-order valence-corrected chi connectivity index (χ2v) is 8.01. The molecule has 0 spiro atoms. The molecule has 0 fully saturated rings. The summed E-state index contributed by atoms with van der Waals surface area (Å²) in [5.74, 6) is 0.223. The van der Waals surface area contributed by atoms with Crippen molar-refractivity contribution in [2.75, 3.05) is 5.88 Å². The molecule has 0 aliphatic carbocycles. The number of alkyl halides is 1. The standard InChI is InChI=1S/C10H15Cl2NO2S2/c1-4-10(3,6-11)13-17(14,15)8-5-7(2)9(12)16-8/h5,13H,4,6H2,1-3H3. The largest absolute Gasteiger partial charge is 0.250 e. The Morgan fingerprint density at radius 1 is 1.53 bits per heavy atom. The van der Waals surface area contributed by atoms with Crippen molar-refractivity contribution < 1.29 is 8.42 Å². The Morgan fingerprint density at radius 2 is 2.12 bits per heavy atom. The van der Waals surface area contributed by atoms with E-state index in [1.807, 2.05) is 6.92 Å². The second-order valence-electron chi connectivity index (χ2n) is 4.18. The summed E-state index contributed by atoms with van der Waals surface area (Å²) in [6.45, 7) is 5.44. The number of aryl methyl sites for hydroxylation is 1. The van der Waals surface area contributed by atoms with E-state index in [2.05, 4.69) is 4.72 Å². The molecule has 1 aromatic rings. The van der Waals surface area contributed by atoms with Gasteiger partial charge >= 0.3 is 0 Å². The van der Waals surface area contributed by atoms with E-state index in [4.69, 9.17) is 23.2 Å². The Hall–Kier alpha value is 0.190. The second kappa shape index (κ2) is 5.45. The minimum atomic E-state index is -3.54. The molecule has 1 atom stereocenters. The summed E-state index contributed by atoms with van der Waals surface area (Å²) in [5.41, 5.74) is 0.131. The lowest BCUT2D eigenvalue weighted by atomic mass is 10.0. The normalized spacial score (nSPS) is 15.8. The molecule has 7 heteroatoms. The maximum Gasteiger partial charge on any atom is 0.250 e. The maximum atomic E-state index is 12.1. The van der Waals surface area contributed by atoms with Crippen LogP contribution in [0, 0.1) is 6.92 Å². The maximum absolute atomic E-state index is 12.1. The molecular weight excluding hydrogens is 301 g/mol. The van der Waals surface area contributed by atoms with Crippen LogP contribution in [0.1, 0.15) is 25.8 Å². The number of thiophene rings is 1. The van der Waals surface area contributed by atoms with E-state index < -0.39 is 15.6 Å². The Kier molecular flexibility index (Phi) is 4.88. The van der Waals surface area contributed by atoms with Gasteiger partial charge in [0, 0.05) is 11.4 Å². The third-order valence-corrected chi connectivity index (χ3v) is 6.81. The van der Waals surface area contributed by atoms with Crippen molar-refractivity contribution in [2.24, 2.45) is 0 Å². The van der Waals surface area contributed by atoms with Crippen LogP contribution in [0.2, 0.25) is 4.34 Å². The summed E-state index contributed by atoms with van der Waals surface area (Å²) < 4.78 is 27.6. The molecule has 1 unspecified atom stereocenters. The molecule has 17 heavy (non-hydrogen) atoms. The van der Waals surface area contributed by atoms with Gasteiger partial charge in [0.15, 0.2) is 0 Å². The molecule has 0 saturated heterocycles. The smallest absolute Gasteiger partial charge is 0.206 e. The lowest BCUT2D eigenvalue weighted by Crippen LogP contribution is -2.46. The summed E-state index contributed by atoms with van der Waals surface area (Å²) in [4.78, 5) is 0. The van der Waals surface area contributed by atoms with Crippen LogP contribution in [-0.4, -0.2) is 19.8 Å². The molecule has 0 aromatic carbocycles. The molecular formula is C10H15Cl2NO2S2. The zero-order valence-electron chi connectivity index (χ0n) is 9.88. The van der Waals surface area contributed by atoms with Gasteiger partial charge in [-0.15, -0.1) is 22.9 Å². The van der Waals surface area contributed by atoms with Crippen LogP contribution in [0.5, 0.6) is 0 Å². The van der Waals surface area contributed by atoms with E-state index in [1.165, 1.54) is 0 Å². The Morgan fingerprint density at radius 3 is 2.47 bits per heavy atom. The molecule has 0 aliphatic heterocycles. The minimum Gasteiger partial charge on any atom is -0.206 e. The molecule has 1 heterocycles. The molecule has 0 bridgehead atoms. The first-order chi connectivity index (χ1) is 7.74. The Bertz CT molecular complexity index is 473. The lowest BCUT2D eigenvalue weighted by Gasteiger charge is -2.26. The van der Waals surface area contributed by atoms with E-state index >= 15 is 0 Å². The summed E-state index contributed by atoms with van der Waals surface area (Å²) in [6.07, 6.45) is 0.619. The molecule has 1 N–H and O–H groups in total. The van der Waals surface area contributed by atoms with Gasteiger partial charge in [0.25, 0.3) is 10.0 Å². The number of sulfonamides is 1. The fourth-order valence-electron chi connectivity index (χ4n) is 1.13. The van der Waals surface area contributed by atoms with E-state index in [0.717, 1.165) is 16.9 Å². The fraction of sp³-hybridized carbons (Fsp3) is 0.600. The SMILES string of the molecule is CCC(C)(CCl)NS(=O)(=O)c1cc(C)c(Cl)s1. The van der Waals surface area contributed by atoms with Crippen molar-refractivity contribution in [3.63, 3.8) is 0 Å². The average Bonchev–Trinajstić information content (AvgIpc) is 2.59. The van der Waals surface area contributed by atoms with E-state index in [9.17, 15) is 8.42 Å². The van der Waals surface area contributed by atoms with Gasteiger partial charge in [-0.1, -0.05) is 18.5 Å². The third-order valence-electron chi connectivity index (χ3n) is 2.56. The molecule has 1 rings (SSSR count). The summed E-state index contributed by atoms with van der Waals surface area (Å²) in [7, 11) is -3.54. The van der Waals surface area contributed by atoms with Crippen molar-refractivity contribution in [3.8, 4) is 0 Å². The van der Waals surface area contributed by atoms with Gasteiger partial charge in [-0.3, -0.25) is 0 Å². The molecule has 0 radical (unpaired) electrons. The predicted molar refractivity (Wildman–Crippen MR) is 73.8 cm³/mol. The van der Waals surface area contributed by atoms with Crippen molar-refractivity contribution in [2.45, 2.75) is 36.9 Å². The molecule has 98 valence electrons. The van der Waals surface area contributed by atoms with Crippen molar-refractivity contribution in [1.82, 2.24) is 4.72 Å². The number of hydrogen-bond donors (Lipinski definition) is 1. The summed E-state index contributed by atoms with van der Waals surface area (Å²) in [5, 5.41) is 0. The van der Waals surface area contributed by atoms with Crippen LogP contribution in [0.4, 0.5) is 0 Å². The van der Waals surface area contributed by atoms with Crippen LogP contribution in [-0.2, 0) is 10.0 Å². The van der Waals surface area contributed by atoms with Gasteiger partial charge in [-0.05, 0) is 31.9 Å². The van der Waals surface area contributed by atoms with Crippen LogP contribution in [0.3, 0.4) is 0 Å². The minimum absolute atomic E-state index is 0.223. The van der Waals surface area contributed by atoms with E-state index in [0.29, 0.717) is 10.8 Å². The van der Waals surface area contributed by atoms with Crippen molar-refractivity contribution in [3.05, 3.63) is 16.0 Å². The Balaban J connectivity index is 3.04. The highest BCUT2D eigenvalue weighted by Crippen LogP contribution is 2.31. The first-order valence-electron chi connectivity index (χ1n) is 5.10. The number of rotatable bonds is 5. The van der Waals surface area contributed by atoms with Gasteiger partial charge < -0.3 is 0 Å². The molecule has 3 nitrogen and oxygen atoms in total. The van der Waals surface area contributed by atoms with Gasteiger partial charge in [-0.2, -0.15) is 0 Å². The van der Waals surface area contributed by atoms with E-state index in [1.54, 1.807) is 19.9 Å². The van der Waals surface area contributed by atoms with Gasteiger partial charge in [0.05, 0.1) is 4.34 Å². The van der Waals surface area contributed by atoms with Crippen LogP contribution < -0.4 is 4.72 Å². The number of hydrogen-bond acceptors (Lipinski definition) is 3. The van der Waals surface area contributed by atoms with E-state index in [-0.39, 0.29) is 10.1 Å². The lowest BCUT2D eigenvalue weighted by molar-refractivity contribution is 0.445. The first kappa shape index (κ1) is 15.2. The van der Waals surface area contributed by atoms with Gasteiger partial charge in [0.2, 0.25) is 0 Å². The highest BCUT2D eigenvalue weighted by molar-refractivity contribution is 7.91. The fourth-order valence-corrected chi connectivity index (χ4v) is 4.65. The first-order valence-corrected chi connectivity index (χ1v) is 8.31. The van der Waals surface area contributed by atoms with Crippen LogP contribution in [0.15, 0.2) is 10.3 Å². The topological polar surface area (TPSA) is 46.2 Å². The third kappa shape index (κ3) is 3.58. The summed E-state index contributed by atoms with van der Waals surface area (Å²) in [6, 6.07) is 1.57. The number of nitrogens with one attached hydrogen (secondary N) is 1. The zero-order chi connectivity index (χ0) is 13.3. The molecule has 0 aliphatic rings. The highest BCUT2D eigenvalue weighted by Gasteiger charge is 2.29. The van der Waals surface area contributed by atoms with Crippen LogP contribution >= 0.6 is 34.5 Å². The quantitative estimate of drug-likeness (QED) is 0.846. The van der Waals surface area contributed by atoms with Crippen molar-refractivity contribution >= 4 is 44.6 Å². The predicted octanol–water partition coefficient (Wildman–Crippen LogP) is 3.40. The van der Waals surface area contributed by atoms with Crippen LogP contribution in [0.25, 0.3) is 0 Å². The Labute approximate surface area is 116 Å². The highest BCUT2D eigenvalue weighted by atomic mass is 35.5. The average molecular weight is 316 g/mol. The summed E-state index contributed by atoms with van der Waals surface area (Å²) >= 11 is 12.7. The number of halogens is 2.